The quantitative estimate of drug-likeness (QED) is 0.503. The van der Waals surface area contributed by atoms with Crippen LogP contribution in [0.25, 0.3) is 22.3 Å². The number of alkyl halides is 2. The van der Waals surface area contributed by atoms with E-state index in [9.17, 15) is 18.4 Å². The summed E-state index contributed by atoms with van der Waals surface area (Å²) in [6.07, 6.45) is 0.937. The highest BCUT2D eigenvalue weighted by molar-refractivity contribution is 5.85. The summed E-state index contributed by atoms with van der Waals surface area (Å²) in [5, 5.41) is 2.77. The van der Waals surface area contributed by atoms with Gasteiger partial charge in [-0.05, 0) is 25.1 Å². The number of fused-ring (bicyclic) bond motifs is 1. The molecule has 2 saturated heterocycles. The Bertz CT molecular complexity index is 1360. The van der Waals surface area contributed by atoms with Crippen LogP contribution in [0.3, 0.4) is 0 Å². The molecule has 2 aliphatic rings. The molecule has 202 valence electrons. The minimum absolute atomic E-state index is 0.0329. The highest BCUT2D eigenvalue weighted by atomic mass is 19.3. The fourth-order valence-electron chi connectivity index (χ4n) is 5.00. The Balaban J connectivity index is 1.48. The van der Waals surface area contributed by atoms with E-state index in [4.69, 9.17) is 9.47 Å². The molecular formula is C26H30F2N6O4. The molecule has 0 unspecified atom stereocenters. The number of amides is 2. The molecule has 2 aromatic heterocycles. The molecule has 2 fully saturated rings. The van der Waals surface area contributed by atoms with Crippen LogP contribution in [0.1, 0.15) is 26.8 Å². The van der Waals surface area contributed by atoms with Crippen molar-refractivity contribution >= 4 is 28.5 Å². The fourth-order valence-corrected chi connectivity index (χ4v) is 5.00. The first-order chi connectivity index (χ1) is 18.2. The Labute approximate surface area is 218 Å². The minimum Gasteiger partial charge on any atom is -0.495 e. The van der Waals surface area contributed by atoms with Crippen LogP contribution in [0, 0.1) is 5.92 Å². The number of rotatable bonds is 7. The molecule has 2 atom stereocenters. The number of nitrogens with one attached hydrogen (secondary N) is 1. The highest BCUT2D eigenvalue weighted by Gasteiger charge is 2.30. The van der Waals surface area contributed by atoms with Crippen molar-refractivity contribution in [3.05, 3.63) is 30.6 Å². The van der Waals surface area contributed by atoms with E-state index in [2.05, 4.69) is 20.2 Å². The van der Waals surface area contributed by atoms with E-state index in [1.165, 1.54) is 0 Å². The molecule has 0 aliphatic carbocycles. The third-order valence-corrected chi connectivity index (χ3v) is 7.24. The predicted molar refractivity (Wildman–Crippen MR) is 136 cm³/mol. The molecule has 0 bridgehead atoms. The van der Waals surface area contributed by atoms with Crippen molar-refractivity contribution in [1.29, 1.82) is 0 Å². The monoisotopic (exact) mass is 528 g/mol. The Morgan fingerprint density at radius 1 is 1.18 bits per heavy atom. The van der Waals surface area contributed by atoms with Gasteiger partial charge in [0.2, 0.25) is 17.7 Å². The van der Waals surface area contributed by atoms with Gasteiger partial charge in [-0.25, -0.2) is 9.97 Å². The van der Waals surface area contributed by atoms with Gasteiger partial charge in [0.15, 0.2) is 0 Å². The third kappa shape index (κ3) is 4.94. The first-order valence-corrected chi connectivity index (χ1v) is 12.5. The predicted octanol–water partition coefficient (Wildman–Crippen LogP) is 3.07. The second kappa shape index (κ2) is 10.4. The summed E-state index contributed by atoms with van der Waals surface area (Å²) in [5.74, 6) is 0.556. The summed E-state index contributed by atoms with van der Waals surface area (Å²) < 4.78 is 40.0. The average Bonchev–Trinajstić information content (AvgIpc) is 3.55. The summed E-state index contributed by atoms with van der Waals surface area (Å²) in [7, 11) is 1.59. The van der Waals surface area contributed by atoms with Gasteiger partial charge in [0.1, 0.15) is 23.7 Å². The lowest BCUT2D eigenvalue weighted by Gasteiger charge is -2.36. The van der Waals surface area contributed by atoms with Gasteiger partial charge in [0, 0.05) is 57.5 Å². The van der Waals surface area contributed by atoms with Gasteiger partial charge in [-0.15, -0.1) is 0 Å². The Kier molecular flexibility index (Phi) is 7.04. The van der Waals surface area contributed by atoms with Crippen molar-refractivity contribution in [3.63, 3.8) is 0 Å². The lowest BCUT2D eigenvalue weighted by atomic mass is 10.0. The number of carbonyl (C=O) groups is 2. The molecule has 12 heteroatoms. The van der Waals surface area contributed by atoms with Crippen molar-refractivity contribution in [3.8, 4) is 22.9 Å². The molecule has 5 rings (SSSR count). The molecule has 0 radical (unpaired) electrons. The van der Waals surface area contributed by atoms with E-state index >= 15 is 0 Å². The van der Waals surface area contributed by atoms with Gasteiger partial charge in [-0.1, -0.05) is 6.07 Å². The standard InChI is InChI=1S/C26H30F2N6O4/c1-15(18-11-23(36)29-13-18)38-25-24-20(30-14-34(24)26(27)28)12-19(31-25)17-4-5-21(22(10-17)37-3)33-8-6-32(7-9-33)16(2)35/h4-5,10,12,14-15,18,26H,6-9,11,13H2,1-3H3,(H,29,36)/t15-,18-/m1/s1. The second-order valence-corrected chi connectivity index (χ2v) is 9.58. The molecule has 10 nitrogen and oxygen atoms in total. The zero-order valence-electron chi connectivity index (χ0n) is 21.5. The summed E-state index contributed by atoms with van der Waals surface area (Å²) in [6, 6.07) is 7.31. The summed E-state index contributed by atoms with van der Waals surface area (Å²) in [4.78, 5) is 36.2. The number of anilines is 1. The molecule has 1 aromatic carbocycles. The van der Waals surface area contributed by atoms with Gasteiger partial charge in [-0.3, -0.25) is 14.2 Å². The number of benzene rings is 1. The van der Waals surface area contributed by atoms with Crippen molar-refractivity contribution < 1.29 is 27.8 Å². The van der Waals surface area contributed by atoms with E-state index in [1.54, 1.807) is 27.0 Å². The highest BCUT2D eigenvalue weighted by Crippen LogP contribution is 2.37. The van der Waals surface area contributed by atoms with E-state index in [0.717, 1.165) is 16.6 Å². The van der Waals surface area contributed by atoms with Crippen molar-refractivity contribution in [2.75, 3.05) is 44.7 Å². The zero-order chi connectivity index (χ0) is 27.0. The molecule has 1 N–H and O–H groups in total. The van der Waals surface area contributed by atoms with Gasteiger partial charge in [-0.2, -0.15) is 8.78 Å². The Morgan fingerprint density at radius 2 is 1.95 bits per heavy atom. The maximum Gasteiger partial charge on any atom is 0.320 e. The Hall–Kier alpha value is -3.96. The minimum atomic E-state index is -2.82. The third-order valence-electron chi connectivity index (χ3n) is 7.24. The van der Waals surface area contributed by atoms with E-state index in [-0.39, 0.29) is 29.1 Å². The number of nitrogens with zero attached hydrogens (tertiary/aromatic N) is 5. The number of hydrogen-bond acceptors (Lipinski definition) is 7. The lowest BCUT2D eigenvalue weighted by molar-refractivity contribution is -0.129. The summed E-state index contributed by atoms with van der Waals surface area (Å²) >= 11 is 0. The lowest BCUT2D eigenvalue weighted by Crippen LogP contribution is -2.48. The fraction of sp³-hybridized carbons (Fsp3) is 0.462. The van der Waals surface area contributed by atoms with E-state index in [1.807, 2.05) is 23.1 Å². The van der Waals surface area contributed by atoms with Gasteiger partial charge in [0.05, 0.1) is 24.0 Å². The Morgan fingerprint density at radius 3 is 2.58 bits per heavy atom. The van der Waals surface area contributed by atoms with Crippen LogP contribution >= 0.6 is 0 Å². The van der Waals surface area contributed by atoms with Crippen molar-refractivity contribution in [1.82, 2.24) is 24.8 Å². The van der Waals surface area contributed by atoms with Crippen LogP contribution in [0.15, 0.2) is 30.6 Å². The number of imidazole rings is 1. The normalized spacial score (nSPS) is 18.7. The zero-order valence-corrected chi connectivity index (χ0v) is 21.5. The molecule has 4 heterocycles. The topological polar surface area (TPSA) is 102 Å². The molecule has 2 amide bonds. The number of aromatic nitrogens is 3. The van der Waals surface area contributed by atoms with Crippen LogP contribution in [0.4, 0.5) is 14.5 Å². The van der Waals surface area contributed by atoms with Crippen LogP contribution < -0.4 is 19.7 Å². The molecule has 38 heavy (non-hydrogen) atoms. The molecular weight excluding hydrogens is 498 g/mol. The first-order valence-electron chi connectivity index (χ1n) is 12.5. The number of pyridine rings is 1. The second-order valence-electron chi connectivity index (χ2n) is 9.58. The number of piperazine rings is 1. The molecule has 2 aliphatic heterocycles. The molecule has 0 spiro atoms. The van der Waals surface area contributed by atoms with Crippen LogP contribution in [-0.2, 0) is 9.59 Å². The number of halogens is 2. The number of ether oxygens (including phenoxy) is 2. The maximum atomic E-state index is 13.8. The van der Waals surface area contributed by atoms with Gasteiger partial charge < -0.3 is 24.6 Å². The first kappa shape index (κ1) is 25.7. The number of methoxy groups -OCH3 is 1. The van der Waals surface area contributed by atoms with Gasteiger partial charge in [0.25, 0.3) is 0 Å². The maximum absolute atomic E-state index is 13.8. The molecule has 0 saturated carbocycles. The van der Waals surface area contributed by atoms with Crippen molar-refractivity contribution in [2.45, 2.75) is 32.9 Å². The number of hydrogen-bond donors (Lipinski definition) is 1. The van der Waals surface area contributed by atoms with E-state index < -0.39 is 12.7 Å². The van der Waals surface area contributed by atoms with Gasteiger partial charge >= 0.3 is 6.55 Å². The van der Waals surface area contributed by atoms with Crippen LogP contribution in [0.2, 0.25) is 0 Å². The van der Waals surface area contributed by atoms with Crippen LogP contribution in [-0.4, -0.2) is 77.2 Å². The smallest absolute Gasteiger partial charge is 0.320 e. The van der Waals surface area contributed by atoms with E-state index in [0.29, 0.717) is 61.7 Å². The summed E-state index contributed by atoms with van der Waals surface area (Å²) in [5.41, 5.74) is 2.51. The molecule has 3 aromatic rings. The van der Waals surface area contributed by atoms with Crippen molar-refractivity contribution in [2.24, 2.45) is 5.92 Å². The van der Waals surface area contributed by atoms with Crippen LogP contribution in [0.5, 0.6) is 11.6 Å². The average molecular weight is 529 g/mol. The number of carbonyl (C=O) groups excluding carboxylic acids is 2. The SMILES string of the molecule is COc1cc(-c2cc3ncn(C(F)F)c3c(O[C@H](C)[C@H]3CNC(=O)C3)n2)ccc1N1CCN(C(C)=O)CC1. The summed E-state index contributed by atoms with van der Waals surface area (Å²) in [6.45, 7) is 3.63. The largest absolute Gasteiger partial charge is 0.495 e.